The Kier molecular flexibility index (Phi) is 5.73. The van der Waals surface area contributed by atoms with Crippen LogP contribution in [0.2, 0.25) is 5.02 Å². The summed E-state index contributed by atoms with van der Waals surface area (Å²) in [5.41, 5.74) is 4.71. The van der Waals surface area contributed by atoms with Crippen molar-refractivity contribution in [3.05, 3.63) is 51.5 Å². The van der Waals surface area contributed by atoms with Crippen molar-refractivity contribution in [1.82, 2.24) is 0 Å². The van der Waals surface area contributed by atoms with E-state index in [0.29, 0.717) is 16.5 Å². The summed E-state index contributed by atoms with van der Waals surface area (Å²) in [6.07, 6.45) is 0. The van der Waals surface area contributed by atoms with Crippen LogP contribution in [0.4, 0.5) is 5.69 Å². The van der Waals surface area contributed by atoms with Crippen molar-refractivity contribution in [1.29, 1.82) is 0 Å². The number of methoxy groups -OCH3 is 1. The predicted octanol–water partition coefficient (Wildman–Crippen LogP) is 4.60. The van der Waals surface area contributed by atoms with Crippen LogP contribution in [-0.2, 0) is 4.79 Å². The van der Waals surface area contributed by atoms with Crippen LogP contribution in [0.5, 0.6) is 11.5 Å². The number of rotatable bonds is 5. The first kappa shape index (κ1) is 18.1. The summed E-state index contributed by atoms with van der Waals surface area (Å²) < 4.78 is 10.9. The average Bonchev–Trinajstić information content (AvgIpc) is 2.52. The molecule has 0 aromatic heterocycles. The van der Waals surface area contributed by atoms with Gasteiger partial charge in [-0.1, -0.05) is 17.7 Å². The molecule has 1 N–H and O–H groups in total. The lowest BCUT2D eigenvalue weighted by atomic mass is 10.1. The van der Waals surface area contributed by atoms with Gasteiger partial charge in [0.25, 0.3) is 5.91 Å². The van der Waals surface area contributed by atoms with E-state index in [9.17, 15) is 4.79 Å². The SMILES string of the molecule is COc1cc(Cl)c(C)cc1NC(=O)COc1cc(C)cc(C)c1C. The van der Waals surface area contributed by atoms with E-state index in [1.54, 1.807) is 12.1 Å². The zero-order valence-corrected chi connectivity index (χ0v) is 15.4. The number of carbonyl (C=O) groups excluding carboxylic acids is 1. The molecule has 24 heavy (non-hydrogen) atoms. The molecule has 0 aliphatic rings. The van der Waals surface area contributed by atoms with E-state index in [1.165, 1.54) is 7.11 Å². The fraction of sp³-hybridized carbons (Fsp3) is 0.316. The maximum absolute atomic E-state index is 12.2. The smallest absolute Gasteiger partial charge is 0.262 e. The summed E-state index contributed by atoms with van der Waals surface area (Å²) in [5.74, 6) is 0.983. The Morgan fingerprint density at radius 2 is 1.75 bits per heavy atom. The third-order valence-electron chi connectivity index (χ3n) is 3.88. The minimum Gasteiger partial charge on any atom is -0.495 e. The first-order valence-corrected chi connectivity index (χ1v) is 8.04. The summed E-state index contributed by atoms with van der Waals surface area (Å²) in [5, 5.41) is 3.39. The lowest BCUT2D eigenvalue weighted by Crippen LogP contribution is -2.21. The number of hydrogen-bond acceptors (Lipinski definition) is 3. The number of ether oxygens (including phenoxy) is 2. The van der Waals surface area contributed by atoms with Crippen molar-refractivity contribution >= 4 is 23.2 Å². The predicted molar refractivity (Wildman–Crippen MR) is 97.5 cm³/mol. The second-order valence-electron chi connectivity index (χ2n) is 5.84. The highest BCUT2D eigenvalue weighted by atomic mass is 35.5. The van der Waals surface area contributed by atoms with Gasteiger partial charge in [0.2, 0.25) is 0 Å². The van der Waals surface area contributed by atoms with Gasteiger partial charge in [-0.25, -0.2) is 0 Å². The van der Waals surface area contributed by atoms with Crippen molar-refractivity contribution in [2.75, 3.05) is 19.0 Å². The summed E-state index contributed by atoms with van der Waals surface area (Å²) in [6.45, 7) is 7.80. The molecular formula is C19H22ClNO3. The number of hydrogen-bond donors (Lipinski definition) is 1. The highest BCUT2D eigenvalue weighted by molar-refractivity contribution is 6.31. The molecule has 0 aliphatic carbocycles. The van der Waals surface area contributed by atoms with Crippen molar-refractivity contribution < 1.29 is 14.3 Å². The minimum atomic E-state index is -0.256. The third-order valence-corrected chi connectivity index (χ3v) is 4.28. The Bertz CT molecular complexity index is 772. The number of halogens is 1. The van der Waals surface area contributed by atoms with Crippen molar-refractivity contribution in [2.45, 2.75) is 27.7 Å². The lowest BCUT2D eigenvalue weighted by Gasteiger charge is -2.14. The van der Waals surface area contributed by atoms with E-state index >= 15 is 0 Å². The van der Waals surface area contributed by atoms with Gasteiger partial charge in [-0.2, -0.15) is 0 Å². The molecule has 128 valence electrons. The highest BCUT2D eigenvalue weighted by Crippen LogP contribution is 2.31. The molecule has 0 unspecified atom stereocenters. The molecule has 0 spiro atoms. The molecule has 0 fully saturated rings. The monoisotopic (exact) mass is 347 g/mol. The maximum atomic E-state index is 12.2. The lowest BCUT2D eigenvalue weighted by molar-refractivity contribution is -0.118. The zero-order valence-electron chi connectivity index (χ0n) is 14.6. The molecule has 0 atom stereocenters. The largest absolute Gasteiger partial charge is 0.495 e. The molecule has 2 aromatic carbocycles. The maximum Gasteiger partial charge on any atom is 0.262 e. The van der Waals surface area contributed by atoms with Gasteiger partial charge in [-0.15, -0.1) is 0 Å². The van der Waals surface area contributed by atoms with E-state index in [4.69, 9.17) is 21.1 Å². The van der Waals surface area contributed by atoms with Crippen LogP contribution in [-0.4, -0.2) is 19.6 Å². The van der Waals surface area contributed by atoms with Crippen molar-refractivity contribution in [3.8, 4) is 11.5 Å². The Morgan fingerprint density at radius 1 is 1.04 bits per heavy atom. The van der Waals surface area contributed by atoms with Gasteiger partial charge < -0.3 is 14.8 Å². The van der Waals surface area contributed by atoms with Crippen LogP contribution in [0.25, 0.3) is 0 Å². The summed E-state index contributed by atoms with van der Waals surface area (Å²) in [7, 11) is 1.53. The molecule has 0 saturated carbocycles. The molecule has 2 aromatic rings. The Hall–Kier alpha value is -2.20. The van der Waals surface area contributed by atoms with Gasteiger partial charge in [0.05, 0.1) is 12.8 Å². The molecule has 0 heterocycles. The molecule has 0 saturated heterocycles. The Balaban J connectivity index is 2.08. The quantitative estimate of drug-likeness (QED) is 0.859. The van der Waals surface area contributed by atoms with Gasteiger partial charge in [0, 0.05) is 11.1 Å². The highest BCUT2D eigenvalue weighted by Gasteiger charge is 2.12. The van der Waals surface area contributed by atoms with Gasteiger partial charge in [-0.3, -0.25) is 4.79 Å². The topological polar surface area (TPSA) is 47.6 Å². The van der Waals surface area contributed by atoms with E-state index in [0.717, 1.165) is 28.0 Å². The van der Waals surface area contributed by atoms with Gasteiger partial charge >= 0.3 is 0 Å². The van der Waals surface area contributed by atoms with Crippen LogP contribution in [0.15, 0.2) is 24.3 Å². The van der Waals surface area contributed by atoms with Crippen LogP contribution in [0, 0.1) is 27.7 Å². The number of anilines is 1. The molecule has 4 nitrogen and oxygen atoms in total. The summed E-state index contributed by atoms with van der Waals surface area (Å²) in [4.78, 5) is 12.2. The number of nitrogens with one attached hydrogen (secondary N) is 1. The molecule has 0 bridgehead atoms. The second-order valence-corrected chi connectivity index (χ2v) is 6.25. The van der Waals surface area contributed by atoms with Crippen LogP contribution in [0.3, 0.4) is 0 Å². The summed E-state index contributed by atoms with van der Waals surface area (Å²) >= 11 is 6.07. The van der Waals surface area contributed by atoms with Crippen molar-refractivity contribution in [3.63, 3.8) is 0 Å². The fourth-order valence-corrected chi connectivity index (χ4v) is 2.56. The van der Waals surface area contributed by atoms with Gasteiger partial charge in [-0.05, 0) is 62.1 Å². The average molecular weight is 348 g/mol. The number of aryl methyl sites for hydroxylation is 3. The number of benzene rings is 2. The standard InChI is InChI=1S/C19H22ClNO3/c1-11-6-12(2)14(4)17(7-11)24-10-19(22)21-16-8-13(3)15(20)9-18(16)23-5/h6-9H,10H2,1-5H3,(H,21,22). The number of amides is 1. The first-order chi connectivity index (χ1) is 11.3. The van der Waals surface area contributed by atoms with Crippen molar-refractivity contribution in [2.24, 2.45) is 0 Å². The molecule has 1 amide bonds. The minimum absolute atomic E-state index is 0.0748. The van der Waals surface area contributed by atoms with Crippen LogP contribution < -0.4 is 14.8 Å². The van der Waals surface area contributed by atoms with Crippen LogP contribution in [0.1, 0.15) is 22.3 Å². The Labute approximate surface area is 147 Å². The first-order valence-electron chi connectivity index (χ1n) is 7.66. The molecular weight excluding hydrogens is 326 g/mol. The molecule has 2 rings (SSSR count). The second kappa shape index (κ2) is 7.58. The molecule has 0 radical (unpaired) electrons. The zero-order chi connectivity index (χ0) is 17.9. The molecule has 5 heteroatoms. The van der Waals surface area contributed by atoms with E-state index < -0.39 is 0 Å². The van der Waals surface area contributed by atoms with E-state index in [1.807, 2.05) is 33.8 Å². The normalized spacial score (nSPS) is 10.4. The fourth-order valence-electron chi connectivity index (χ4n) is 2.41. The third kappa shape index (κ3) is 4.20. The van der Waals surface area contributed by atoms with Gasteiger partial charge in [0.1, 0.15) is 11.5 Å². The Morgan fingerprint density at radius 3 is 2.42 bits per heavy atom. The van der Waals surface area contributed by atoms with E-state index in [-0.39, 0.29) is 12.5 Å². The number of carbonyl (C=O) groups is 1. The van der Waals surface area contributed by atoms with Crippen LogP contribution >= 0.6 is 11.6 Å². The van der Waals surface area contributed by atoms with E-state index in [2.05, 4.69) is 11.4 Å². The van der Waals surface area contributed by atoms with Gasteiger partial charge in [0.15, 0.2) is 6.61 Å². The summed E-state index contributed by atoms with van der Waals surface area (Å²) in [6, 6.07) is 7.48. The molecule has 0 aliphatic heterocycles.